The van der Waals surface area contributed by atoms with Crippen LogP contribution in [0.4, 0.5) is 0 Å². The van der Waals surface area contributed by atoms with E-state index >= 15 is 0 Å². The van der Waals surface area contributed by atoms with Crippen LogP contribution in [0.15, 0.2) is 73.7 Å². The van der Waals surface area contributed by atoms with Crippen molar-refractivity contribution in [3.8, 4) is 0 Å². The van der Waals surface area contributed by atoms with Crippen molar-refractivity contribution < 1.29 is 0 Å². The van der Waals surface area contributed by atoms with Crippen molar-refractivity contribution in [3.05, 3.63) is 73.7 Å². The van der Waals surface area contributed by atoms with Gasteiger partial charge >= 0.3 is 0 Å². The molecule has 0 bridgehead atoms. The van der Waals surface area contributed by atoms with Gasteiger partial charge in [-0.25, -0.2) is 0 Å². The Kier molecular flexibility index (Phi) is 3.74. The van der Waals surface area contributed by atoms with Crippen LogP contribution >= 0.6 is 0 Å². The van der Waals surface area contributed by atoms with E-state index in [0.717, 1.165) is 17.9 Å². The van der Waals surface area contributed by atoms with Gasteiger partial charge in [-0.15, -0.1) is 0 Å². The molecule has 1 heterocycles. The van der Waals surface area contributed by atoms with E-state index in [0.29, 0.717) is 0 Å². The van der Waals surface area contributed by atoms with Gasteiger partial charge in [0.25, 0.3) is 0 Å². The minimum Gasteiger partial charge on any atom is -0.338 e. The van der Waals surface area contributed by atoms with Crippen molar-refractivity contribution >= 4 is 0 Å². The fraction of sp³-hybridized carbons (Fsp3) is 0.0769. The summed E-state index contributed by atoms with van der Waals surface area (Å²) in [7, 11) is 0. The number of rotatable bonds is 4. The van der Waals surface area contributed by atoms with Gasteiger partial charge in [0, 0.05) is 17.9 Å². The molecule has 72 valence electrons. The fourth-order valence-corrected chi connectivity index (χ4v) is 1.27. The maximum Gasteiger partial charge on any atom is 0.0415 e. The molecule has 0 amide bonds. The summed E-state index contributed by atoms with van der Waals surface area (Å²) in [6, 6.07) is 0. The smallest absolute Gasteiger partial charge is 0.0415 e. The molecule has 0 saturated heterocycles. The Labute approximate surface area is 85.7 Å². The summed E-state index contributed by atoms with van der Waals surface area (Å²) in [4.78, 5) is 2.10. The lowest BCUT2D eigenvalue weighted by Gasteiger charge is -2.19. The summed E-state index contributed by atoms with van der Waals surface area (Å²) in [5.74, 6) is 0. The molecule has 0 aromatic rings. The van der Waals surface area contributed by atoms with E-state index in [4.69, 9.17) is 0 Å². The van der Waals surface area contributed by atoms with E-state index in [-0.39, 0.29) is 0 Å². The Morgan fingerprint density at radius 3 is 2.64 bits per heavy atom. The van der Waals surface area contributed by atoms with Crippen LogP contribution in [0.25, 0.3) is 0 Å². The highest BCUT2D eigenvalue weighted by Crippen LogP contribution is 2.18. The predicted octanol–water partition coefficient (Wildman–Crippen LogP) is 3.18. The third-order valence-electron chi connectivity index (χ3n) is 1.98. The minimum absolute atomic E-state index is 0.874. The largest absolute Gasteiger partial charge is 0.338 e. The molecule has 0 N–H and O–H groups in total. The first-order valence-electron chi connectivity index (χ1n) is 4.54. The van der Waals surface area contributed by atoms with Gasteiger partial charge in [0.05, 0.1) is 0 Å². The SMILES string of the molecule is C=C/C=C\C=C(/C=C)N1CC=CC1=C. The predicted molar refractivity (Wildman–Crippen MR) is 62.6 cm³/mol. The van der Waals surface area contributed by atoms with Gasteiger partial charge in [0.1, 0.15) is 0 Å². The summed E-state index contributed by atoms with van der Waals surface area (Å²) in [5, 5.41) is 0. The molecule has 0 atom stereocenters. The van der Waals surface area contributed by atoms with Crippen LogP contribution in [0, 0.1) is 0 Å². The number of allylic oxidation sites excluding steroid dienone is 6. The molecule has 1 aliphatic rings. The molecule has 0 saturated carbocycles. The summed E-state index contributed by atoms with van der Waals surface area (Å²) in [6.07, 6.45) is 13.5. The molecule has 0 fully saturated rings. The lowest BCUT2D eigenvalue weighted by Crippen LogP contribution is -2.15. The molecule has 0 spiro atoms. The zero-order chi connectivity index (χ0) is 10.4. The first kappa shape index (κ1) is 10.3. The molecule has 0 aromatic heterocycles. The maximum absolute atomic E-state index is 3.94. The van der Waals surface area contributed by atoms with E-state index in [1.807, 2.05) is 30.4 Å². The molecule has 0 unspecified atom stereocenters. The van der Waals surface area contributed by atoms with E-state index in [1.165, 1.54) is 0 Å². The molecule has 0 aromatic carbocycles. The van der Waals surface area contributed by atoms with E-state index in [2.05, 4.69) is 30.7 Å². The highest BCUT2D eigenvalue weighted by atomic mass is 15.1. The minimum atomic E-state index is 0.874. The molecular formula is C13H15N. The summed E-state index contributed by atoms with van der Waals surface area (Å²) >= 11 is 0. The molecule has 0 radical (unpaired) electrons. The van der Waals surface area contributed by atoms with Crippen LogP contribution in [-0.2, 0) is 0 Å². The van der Waals surface area contributed by atoms with Crippen LogP contribution in [0.3, 0.4) is 0 Å². The Morgan fingerprint density at radius 1 is 1.36 bits per heavy atom. The molecule has 1 nitrogen and oxygen atoms in total. The van der Waals surface area contributed by atoms with Crippen LogP contribution in [0.2, 0.25) is 0 Å². The van der Waals surface area contributed by atoms with Crippen molar-refractivity contribution in [1.29, 1.82) is 0 Å². The van der Waals surface area contributed by atoms with E-state index < -0.39 is 0 Å². The molecule has 1 rings (SSSR count). The van der Waals surface area contributed by atoms with Crippen LogP contribution in [-0.4, -0.2) is 11.4 Å². The summed E-state index contributed by atoms with van der Waals surface area (Å²) in [6.45, 7) is 12.2. The number of hydrogen-bond donors (Lipinski definition) is 0. The normalized spacial score (nSPS) is 16.7. The molecule has 1 heteroatoms. The number of hydrogen-bond acceptors (Lipinski definition) is 1. The second kappa shape index (κ2) is 5.07. The van der Waals surface area contributed by atoms with Crippen LogP contribution in [0.5, 0.6) is 0 Å². The maximum atomic E-state index is 3.94. The van der Waals surface area contributed by atoms with Crippen molar-refractivity contribution in [2.45, 2.75) is 0 Å². The average molecular weight is 185 g/mol. The van der Waals surface area contributed by atoms with Crippen molar-refractivity contribution in [2.75, 3.05) is 6.54 Å². The molecule has 1 aliphatic heterocycles. The zero-order valence-corrected chi connectivity index (χ0v) is 8.32. The van der Waals surface area contributed by atoms with Gasteiger partial charge < -0.3 is 4.90 Å². The van der Waals surface area contributed by atoms with Gasteiger partial charge in [-0.05, 0) is 18.2 Å². The third-order valence-corrected chi connectivity index (χ3v) is 1.98. The van der Waals surface area contributed by atoms with E-state index in [1.54, 1.807) is 6.08 Å². The Hall–Kier alpha value is -1.76. The van der Waals surface area contributed by atoms with Crippen molar-refractivity contribution in [3.63, 3.8) is 0 Å². The van der Waals surface area contributed by atoms with Crippen molar-refractivity contribution in [2.24, 2.45) is 0 Å². The van der Waals surface area contributed by atoms with E-state index in [9.17, 15) is 0 Å². The van der Waals surface area contributed by atoms with Crippen LogP contribution < -0.4 is 0 Å². The first-order chi connectivity index (χ1) is 6.79. The second-order valence-electron chi connectivity index (χ2n) is 2.92. The molecule has 0 aliphatic carbocycles. The third kappa shape index (κ3) is 2.36. The highest BCUT2D eigenvalue weighted by molar-refractivity contribution is 5.33. The van der Waals surface area contributed by atoms with Gasteiger partial charge in [-0.1, -0.05) is 44.0 Å². The van der Waals surface area contributed by atoms with Gasteiger partial charge in [-0.2, -0.15) is 0 Å². The lowest BCUT2D eigenvalue weighted by molar-refractivity contribution is 0.526. The second-order valence-corrected chi connectivity index (χ2v) is 2.92. The highest BCUT2D eigenvalue weighted by Gasteiger charge is 2.10. The summed E-state index contributed by atoms with van der Waals surface area (Å²) in [5.41, 5.74) is 2.06. The Bertz CT molecular complexity index is 329. The fourth-order valence-electron chi connectivity index (χ4n) is 1.27. The topological polar surface area (TPSA) is 3.24 Å². The van der Waals surface area contributed by atoms with Gasteiger partial charge in [0.2, 0.25) is 0 Å². The average Bonchev–Trinajstić information content (AvgIpc) is 2.60. The zero-order valence-electron chi connectivity index (χ0n) is 8.32. The Morgan fingerprint density at radius 2 is 2.14 bits per heavy atom. The van der Waals surface area contributed by atoms with Crippen LogP contribution in [0.1, 0.15) is 0 Å². The first-order valence-corrected chi connectivity index (χ1v) is 4.54. The lowest BCUT2D eigenvalue weighted by atomic mass is 10.3. The Balaban J connectivity index is 2.76. The molecular weight excluding hydrogens is 170 g/mol. The molecule has 14 heavy (non-hydrogen) atoms. The van der Waals surface area contributed by atoms with Crippen molar-refractivity contribution in [1.82, 2.24) is 4.90 Å². The number of nitrogens with zero attached hydrogens (tertiary/aromatic N) is 1. The monoisotopic (exact) mass is 185 g/mol. The quantitative estimate of drug-likeness (QED) is 0.608. The van der Waals surface area contributed by atoms with Gasteiger partial charge in [0.15, 0.2) is 0 Å². The van der Waals surface area contributed by atoms with Gasteiger partial charge in [-0.3, -0.25) is 0 Å². The standard InChI is InChI=1S/C13H15N/c1-4-6-7-10-13(5-2)14-11-8-9-12(14)3/h4-10H,1-3,11H2/b7-6-,13-10+. The summed E-state index contributed by atoms with van der Waals surface area (Å²) < 4.78 is 0.